The molecule has 0 aliphatic heterocycles. The number of benzene rings is 1. The maximum atomic E-state index is 9.40. The van der Waals surface area contributed by atoms with Gasteiger partial charge in [-0.2, -0.15) is 0 Å². The molecule has 2 N–H and O–H groups in total. The molecule has 0 aromatic heterocycles. The summed E-state index contributed by atoms with van der Waals surface area (Å²) >= 11 is 0. The van der Waals surface area contributed by atoms with E-state index >= 15 is 0 Å². The van der Waals surface area contributed by atoms with E-state index in [9.17, 15) is 5.11 Å². The molecule has 0 fully saturated rings. The van der Waals surface area contributed by atoms with Crippen LogP contribution in [0, 0.1) is 0 Å². The highest BCUT2D eigenvalue weighted by molar-refractivity contribution is 5.28. The van der Waals surface area contributed by atoms with Gasteiger partial charge in [0.1, 0.15) is 5.75 Å². The van der Waals surface area contributed by atoms with E-state index < -0.39 is 0 Å². The van der Waals surface area contributed by atoms with Crippen molar-refractivity contribution in [1.82, 2.24) is 5.32 Å². The van der Waals surface area contributed by atoms with Crippen molar-refractivity contribution in [3.8, 4) is 5.75 Å². The van der Waals surface area contributed by atoms with E-state index in [4.69, 9.17) is 9.47 Å². The van der Waals surface area contributed by atoms with Crippen LogP contribution in [-0.4, -0.2) is 38.6 Å². The van der Waals surface area contributed by atoms with Gasteiger partial charge in [-0.05, 0) is 24.6 Å². The topological polar surface area (TPSA) is 50.7 Å². The second kappa shape index (κ2) is 7.27. The highest BCUT2D eigenvalue weighted by Gasteiger charge is 2.10. The SMILES string of the molecule is COCC(CNC(C)c1cccc(O)c1)OC. The Morgan fingerprint density at radius 1 is 1.35 bits per heavy atom. The van der Waals surface area contributed by atoms with Gasteiger partial charge in [0.2, 0.25) is 0 Å². The van der Waals surface area contributed by atoms with E-state index in [0.29, 0.717) is 13.2 Å². The Hall–Kier alpha value is -1.10. The first-order valence-corrected chi connectivity index (χ1v) is 5.71. The van der Waals surface area contributed by atoms with Crippen LogP contribution in [0.1, 0.15) is 18.5 Å². The fraction of sp³-hybridized carbons (Fsp3) is 0.538. The molecule has 96 valence electrons. The summed E-state index contributed by atoms with van der Waals surface area (Å²) in [5, 5.41) is 12.7. The van der Waals surface area contributed by atoms with E-state index in [1.165, 1.54) is 0 Å². The summed E-state index contributed by atoms with van der Waals surface area (Å²) in [6.07, 6.45) is 0.0414. The maximum Gasteiger partial charge on any atom is 0.115 e. The monoisotopic (exact) mass is 239 g/mol. The van der Waals surface area contributed by atoms with E-state index in [2.05, 4.69) is 5.32 Å². The summed E-state index contributed by atoms with van der Waals surface area (Å²) in [6, 6.07) is 7.41. The predicted octanol–water partition coefficient (Wildman–Crippen LogP) is 1.70. The molecule has 0 heterocycles. The molecule has 1 aromatic carbocycles. The molecular weight excluding hydrogens is 218 g/mol. The fourth-order valence-electron chi connectivity index (χ4n) is 1.62. The van der Waals surface area contributed by atoms with Crippen molar-refractivity contribution >= 4 is 0 Å². The zero-order valence-corrected chi connectivity index (χ0v) is 10.6. The minimum atomic E-state index is 0.0414. The highest BCUT2D eigenvalue weighted by Crippen LogP contribution is 2.17. The third-order valence-electron chi connectivity index (χ3n) is 2.71. The number of ether oxygens (including phenoxy) is 2. The summed E-state index contributed by atoms with van der Waals surface area (Å²) in [5.74, 6) is 0.288. The quantitative estimate of drug-likeness (QED) is 0.760. The maximum absolute atomic E-state index is 9.40. The largest absolute Gasteiger partial charge is 0.508 e. The number of aromatic hydroxyl groups is 1. The van der Waals surface area contributed by atoms with Crippen molar-refractivity contribution in [3.63, 3.8) is 0 Å². The second-order valence-corrected chi connectivity index (χ2v) is 4.04. The molecule has 1 aromatic rings. The van der Waals surface area contributed by atoms with Gasteiger partial charge in [-0.3, -0.25) is 0 Å². The minimum Gasteiger partial charge on any atom is -0.508 e. The van der Waals surface area contributed by atoms with Crippen LogP contribution in [-0.2, 0) is 9.47 Å². The number of rotatable bonds is 7. The average Bonchev–Trinajstić information content (AvgIpc) is 2.34. The van der Waals surface area contributed by atoms with Crippen LogP contribution in [0.2, 0.25) is 0 Å². The Morgan fingerprint density at radius 3 is 2.71 bits per heavy atom. The molecule has 4 heteroatoms. The molecule has 2 unspecified atom stereocenters. The van der Waals surface area contributed by atoms with Gasteiger partial charge in [-0.1, -0.05) is 12.1 Å². The Bertz CT molecular complexity index is 330. The van der Waals surface area contributed by atoms with Crippen LogP contribution < -0.4 is 5.32 Å². The normalized spacial score (nSPS) is 14.5. The zero-order valence-electron chi connectivity index (χ0n) is 10.6. The number of phenols is 1. The van der Waals surface area contributed by atoms with Crippen molar-refractivity contribution in [2.45, 2.75) is 19.1 Å². The van der Waals surface area contributed by atoms with Crippen LogP contribution in [0.25, 0.3) is 0 Å². The average molecular weight is 239 g/mol. The molecule has 0 radical (unpaired) electrons. The Balaban J connectivity index is 2.46. The number of methoxy groups -OCH3 is 2. The Labute approximate surface area is 103 Å². The van der Waals surface area contributed by atoms with Crippen molar-refractivity contribution in [2.75, 3.05) is 27.4 Å². The lowest BCUT2D eigenvalue weighted by atomic mass is 10.1. The molecule has 1 rings (SSSR count). The van der Waals surface area contributed by atoms with Gasteiger partial charge in [-0.15, -0.1) is 0 Å². The van der Waals surface area contributed by atoms with Gasteiger partial charge < -0.3 is 19.9 Å². The number of phenolic OH excluding ortho intramolecular Hbond substituents is 1. The summed E-state index contributed by atoms with van der Waals surface area (Å²) in [5.41, 5.74) is 1.05. The predicted molar refractivity (Wildman–Crippen MR) is 67.2 cm³/mol. The molecule has 2 atom stereocenters. The summed E-state index contributed by atoms with van der Waals surface area (Å²) in [6.45, 7) is 3.33. The zero-order chi connectivity index (χ0) is 12.7. The molecule has 17 heavy (non-hydrogen) atoms. The number of hydrogen-bond acceptors (Lipinski definition) is 4. The van der Waals surface area contributed by atoms with E-state index in [0.717, 1.165) is 5.56 Å². The Kier molecular flexibility index (Phi) is 5.97. The van der Waals surface area contributed by atoms with Crippen molar-refractivity contribution in [2.24, 2.45) is 0 Å². The highest BCUT2D eigenvalue weighted by atomic mass is 16.5. The lowest BCUT2D eigenvalue weighted by Crippen LogP contribution is -2.33. The lowest BCUT2D eigenvalue weighted by molar-refractivity contribution is 0.0276. The molecular formula is C13H21NO3. The summed E-state index contributed by atoms with van der Waals surface area (Å²) < 4.78 is 10.3. The van der Waals surface area contributed by atoms with E-state index in [1.54, 1.807) is 26.4 Å². The summed E-state index contributed by atoms with van der Waals surface area (Å²) in [7, 11) is 3.33. The molecule has 0 aliphatic carbocycles. The Morgan fingerprint density at radius 2 is 2.12 bits per heavy atom. The van der Waals surface area contributed by atoms with Crippen LogP contribution in [0.4, 0.5) is 0 Å². The first-order chi connectivity index (χ1) is 8.17. The first-order valence-electron chi connectivity index (χ1n) is 5.71. The van der Waals surface area contributed by atoms with Crippen molar-refractivity contribution < 1.29 is 14.6 Å². The molecule has 0 spiro atoms. The van der Waals surface area contributed by atoms with Gasteiger partial charge in [0.05, 0.1) is 12.7 Å². The molecule has 4 nitrogen and oxygen atoms in total. The number of nitrogens with one attached hydrogen (secondary N) is 1. The van der Waals surface area contributed by atoms with Gasteiger partial charge >= 0.3 is 0 Å². The molecule has 0 saturated heterocycles. The van der Waals surface area contributed by atoms with Gasteiger partial charge in [0.25, 0.3) is 0 Å². The molecule has 0 saturated carbocycles. The molecule has 0 aliphatic rings. The van der Waals surface area contributed by atoms with Crippen LogP contribution >= 0.6 is 0 Å². The van der Waals surface area contributed by atoms with Gasteiger partial charge in [0.15, 0.2) is 0 Å². The minimum absolute atomic E-state index is 0.0414. The fourth-order valence-corrected chi connectivity index (χ4v) is 1.62. The van der Waals surface area contributed by atoms with Crippen molar-refractivity contribution in [1.29, 1.82) is 0 Å². The standard InChI is InChI=1S/C13H21NO3/c1-10(11-5-4-6-12(15)7-11)14-8-13(17-3)9-16-2/h4-7,10,13-15H,8-9H2,1-3H3. The first kappa shape index (κ1) is 14.0. The van der Waals surface area contributed by atoms with Crippen LogP contribution in [0.15, 0.2) is 24.3 Å². The third-order valence-corrected chi connectivity index (χ3v) is 2.71. The lowest BCUT2D eigenvalue weighted by Gasteiger charge is -2.19. The second-order valence-electron chi connectivity index (χ2n) is 4.04. The van der Waals surface area contributed by atoms with E-state index in [-0.39, 0.29) is 17.9 Å². The smallest absolute Gasteiger partial charge is 0.115 e. The van der Waals surface area contributed by atoms with Crippen LogP contribution in [0.5, 0.6) is 5.75 Å². The number of hydrogen-bond donors (Lipinski definition) is 2. The van der Waals surface area contributed by atoms with Crippen molar-refractivity contribution in [3.05, 3.63) is 29.8 Å². The van der Waals surface area contributed by atoms with E-state index in [1.807, 2.05) is 19.1 Å². The third kappa shape index (κ3) is 4.73. The summed E-state index contributed by atoms with van der Waals surface area (Å²) in [4.78, 5) is 0. The van der Waals surface area contributed by atoms with Gasteiger partial charge in [0, 0.05) is 26.8 Å². The van der Waals surface area contributed by atoms with Crippen LogP contribution in [0.3, 0.4) is 0 Å². The van der Waals surface area contributed by atoms with Gasteiger partial charge in [-0.25, -0.2) is 0 Å². The molecule has 0 amide bonds. The molecule has 0 bridgehead atoms.